The molecular weight excluding hydrogens is 272 g/mol. The second kappa shape index (κ2) is 6.81. The molecular formula is C15H18N2O4. The van der Waals surface area contributed by atoms with Gasteiger partial charge in [-0.15, -0.1) is 0 Å². The molecule has 6 heteroatoms. The normalized spacial score (nSPS) is 10.2. The molecule has 0 bridgehead atoms. The van der Waals surface area contributed by atoms with Gasteiger partial charge in [-0.1, -0.05) is 0 Å². The zero-order valence-electron chi connectivity index (χ0n) is 12.0. The molecule has 1 amide bonds. The van der Waals surface area contributed by atoms with Gasteiger partial charge in [0.15, 0.2) is 5.76 Å². The maximum atomic E-state index is 12.0. The maximum Gasteiger partial charge on any atom is 0.287 e. The Morgan fingerprint density at radius 2 is 2.05 bits per heavy atom. The van der Waals surface area contributed by atoms with Crippen molar-refractivity contribution in [3.8, 4) is 11.5 Å². The minimum atomic E-state index is -0.299. The molecule has 0 unspecified atom stereocenters. The molecule has 0 saturated carbocycles. The van der Waals surface area contributed by atoms with Gasteiger partial charge in [0, 0.05) is 18.2 Å². The van der Waals surface area contributed by atoms with E-state index in [-0.39, 0.29) is 18.2 Å². The molecule has 0 aliphatic heterocycles. The number of benzene rings is 1. The van der Waals surface area contributed by atoms with Crippen molar-refractivity contribution >= 4 is 5.91 Å². The van der Waals surface area contributed by atoms with Crippen molar-refractivity contribution in [2.24, 2.45) is 5.73 Å². The van der Waals surface area contributed by atoms with Gasteiger partial charge in [0.1, 0.15) is 17.3 Å². The van der Waals surface area contributed by atoms with E-state index in [9.17, 15) is 4.79 Å². The average molecular weight is 290 g/mol. The molecule has 1 aromatic heterocycles. The van der Waals surface area contributed by atoms with Gasteiger partial charge in [-0.3, -0.25) is 4.79 Å². The predicted octanol–water partition coefficient (Wildman–Crippen LogP) is 1.69. The lowest BCUT2D eigenvalue weighted by atomic mass is 10.2. The van der Waals surface area contributed by atoms with Gasteiger partial charge >= 0.3 is 0 Å². The lowest BCUT2D eigenvalue weighted by molar-refractivity contribution is 0.0921. The van der Waals surface area contributed by atoms with Gasteiger partial charge in [0.25, 0.3) is 5.91 Å². The molecule has 0 spiro atoms. The van der Waals surface area contributed by atoms with Crippen molar-refractivity contribution in [3.63, 3.8) is 0 Å². The number of furan rings is 1. The van der Waals surface area contributed by atoms with Crippen LogP contribution >= 0.6 is 0 Å². The van der Waals surface area contributed by atoms with Crippen molar-refractivity contribution < 1.29 is 18.7 Å². The van der Waals surface area contributed by atoms with Gasteiger partial charge in [0.05, 0.1) is 20.8 Å². The highest BCUT2D eigenvalue weighted by Crippen LogP contribution is 2.24. The topological polar surface area (TPSA) is 86.7 Å². The average Bonchev–Trinajstić information content (AvgIpc) is 3.01. The number of methoxy groups -OCH3 is 2. The molecule has 1 heterocycles. The second-order valence-corrected chi connectivity index (χ2v) is 4.33. The Morgan fingerprint density at radius 3 is 2.67 bits per heavy atom. The Bertz CT molecular complexity index is 622. The van der Waals surface area contributed by atoms with Crippen LogP contribution in [0.25, 0.3) is 0 Å². The summed E-state index contributed by atoms with van der Waals surface area (Å²) in [6.07, 6.45) is 0. The quantitative estimate of drug-likeness (QED) is 0.845. The van der Waals surface area contributed by atoms with Crippen LogP contribution in [0.4, 0.5) is 0 Å². The Balaban J connectivity index is 2.03. The van der Waals surface area contributed by atoms with Crippen LogP contribution in [0.15, 0.2) is 34.7 Å². The number of nitrogens with one attached hydrogen (secondary N) is 1. The second-order valence-electron chi connectivity index (χ2n) is 4.33. The third kappa shape index (κ3) is 3.55. The molecule has 1 aromatic carbocycles. The van der Waals surface area contributed by atoms with Crippen molar-refractivity contribution in [2.75, 3.05) is 14.2 Å². The summed E-state index contributed by atoms with van der Waals surface area (Å²) in [6.45, 7) is 0.588. The van der Waals surface area contributed by atoms with E-state index in [0.717, 1.165) is 5.56 Å². The zero-order valence-corrected chi connectivity index (χ0v) is 12.0. The van der Waals surface area contributed by atoms with Crippen molar-refractivity contribution in [2.45, 2.75) is 13.1 Å². The van der Waals surface area contributed by atoms with Crippen molar-refractivity contribution in [1.82, 2.24) is 5.32 Å². The number of carbonyl (C=O) groups excluding carboxylic acids is 1. The van der Waals surface area contributed by atoms with E-state index in [1.54, 1.807) is 32.4 Å². The van der Waals surface area contributed by atoms with Gasteiger partial charge in [-0.2, -0.15) is 0 Å². The number of hydrogen-bond acceptors (Lipinski definition) is 5. The molecule has 0 fully saturated rings. The van der Waals surface area contributed by atoms with E-state index in [4.69, 9.17) is 19.6 Å². The fourth-order valence-electron chi connectivity index (χ4n) is 1.87. The first kappa shape index (κ1) is 14.9. The summed E-state index contributed by atoms with van der Waals surface area (Å²) in [5.74, 6) is 1.86. The Labute approximate surface area is 122 Å². The molecule has 0 radical (unpaired) electrons. The fourth-order valence-corrected chi connectivity index (χ4v) is 1.87. The fraction of sp³-hybridized carbons (Fsp3) is 0.267. The molecule has 0 aliphatic carbocycles. The van der Waals surface area contributed by atoms with E-state index >= 15 is 0 Å². The van der Waals surface area contributed by atoms with Crippen LogP contribution in [-0.4, -0.2) is 20.1 Å². The molecule has 2 aromatic rings. The number of ether oxygens (including phenoxy) is 2. The van der Waals surface area contributed by atoms with Gasteiger partial charge < -0.3 is 24.9 Å². The lowest BCUT2D eigenvalue weighted by Crippen LogP contribution is -2.22. The number of rotatable bonds is 6. The molecule has 3 N–H and O–H groups in total. The van der Waals surface area contributed by atoms with Crippen molar-refractivity contribution in [1.29, 1.82) is 0 Å². The summed E-state index contributed by atoms with van der Waals surface area (Å²) in [7, 11) is 3.16. The molecule has 0 atom stereocenters. The monoisotopic (exact) mass is 290 g/mol. The first-order valence-corrected chi connectivity index (χ1v) is 6.45. The molecule has 2 rings (SSSR count). The molecule has 0 saturated heterocycles. The minimum Gasteiger partial charge on any atom is -0.497 e. The number of amides is 1. The van der Waals surface area contributed by atoms with Crippen LogP contribution in [0.2, 0.25) is 0 Å². The largest absolute Gasteiger partial charge is 0.497 e. The highest BCUT2D eigenvalue weighted by Gasteiger charge is 2.12. The van der Waals surface area contributed by atoms with Crippen LogP contribution in [0.5, 0.6) is 11.5 Å². The Morgan fingerprint density at radius 1 is 1.24 bits per heavy atom. The Hall–Kier alpha value is -2.47. The highest BCUT2D eigenvalue weighted by atomic mass is 16.5. The standard InChI is InChI=1S/C15H18N2O4/c1-19-11-4-3-10(14(7-11)20-2)9-17-15(18)13-6-5-12(8-16)21-13/h3-7H,8-9,16H2,1-2H3,(H,17,18). The summed E-state index contributed by atoms with van der Waals surface area (Å²) < 4.78 is 15.7. The van der Waals surface area contributed by atoms with E-state index in [1.807, 2.05) is 12.1 Å². The summed E-state index contributed by atoms with van der Waals surface area (Å²) in [4.78, 5) is 12.0. The molecule has 112 valence electrons. The van der Waals surface area contributed by atoms with E-state index in [0.29, 0.717) is 23.8 Å². The predicted molar refractivity (Wildman–Crippen MR) is 77.3 cm³/mol. The van der Waals surface area contributed by atoms with E-state index in [2.05, 4.69) is 5.32 Å². The summed E-state index contributed by atoms with van der Waals surface area (Å²) in [5.41, 5.74) is 6.28. The molecule has 21 heavy (non-hydrogen) atoms. The van der Waals surface area contributed by atoms with Crippen molar-refractivity contribution in [3.05, 3.63) is 47.4 Å². The first-order valence-electron chi connectivity index (χ1n) is 6.45. The lowest BCUT2D eigenvalue weighted by Gasteiger charge is -2.10. The summed E-state index contributed by atoms with van der Waals surface area (Å²) >= 11 is 0. The van der Waals surface area contributed by atoms with Crippen LogP contribution in [0, 0.1) is 0 Å². The van der Waals surface area contributed by atoms with Gasteiger partial charge in [-0.25, -0.2) is 0 Å². The first-order chi connectivity index (χ1) is 10.2. The van der Waals surface area contributed by atoms with Crippen LogP contribution in [-0.2, 0) is 13.1 Å². The molecule has 0 aliphatic rings. The SMILES string of the molecule is COc1ccc(CNC(=O)c2ccc(CN)o2)c(OC)c1. The van der Waals surface area contributed by atoms with Crippen LogP contribution < -0.4 is 20.5 Å². The van der Waals surface area contributed by atoms with E-state index in [1.165, 1.54) is 0 Å². The minimum absolute atomic E-state index is 0.239. The zero-order chi connectivity index (χ0) is 15.2. The smallest absolute Gasteiger partial charge is 0.287 e. The molecule has 6 nitrogen and oxygen atoms in total. The Kier molecular flexibility index (Phi) is 4.84. The summed E-state index contributed by atoms with van der Waals surface area (Å²) in [6, 6.07) is 8.70. The van der Waals surface area contributed by atoms with Gasteiger partial charge in [-0.05, 0) is 24.3 Å². The van der Waals surface area contributed by atoms with E-state index < -0.39 is 0 Å². The third-order valence-corrected chi connectivity index (χ3v) is 3.02. The maximum absolute atomic E-state index is 12.0. The van der Waals surface area contributed by atoms with Crippen LogP contribution in [0.3, 0.4) is 0 Å². The van der Waals surface area contributed by atoms with Crippen LogP contribution in [0.1, 0.15) is 21.9 Å². The summed E-state index contributed by atoms with van der Waals surface area (Å²) in [5, 5.41) is 2.77. The number of nitrogens with two attached hydrogens (primary N) is 1. The highest BCUT2D eigenvalue weighted by molar-refractivity contribution is 5.91. The number of carbonyl (C=O) groups is 1. The number of hydrogen-bond donors (Lipinski definition) is 2. The third-order valence-electron chi connectivity index (χ3n) is 3.02. The van der Waals surface area contributed by atoms with Gasteiger partial charge in [0.2, 0.25) is 0 Å².